The predicted octanol–water partition coefficient (Wildman–Crippen LogP) is 8.08. The molecule has 2 rings (SSSR count). The van der Waals surface area contributed by atoms with Crippen molar-refractivity contribution in [3.8, 4) is 11.5 Å². The van der Waals surface area contributed by atoms with E-state index in [-0.39, 0.29) is 41.4 Å². The van der Waals surface area contributed by atoms with Crippen molar-refractivity contribution in [1.29, 1.82) is 0 Å². The third-order valence-electron chi connectivity index (χ3n) is 8.32. The lowest BCUT2D eigenvalue weighted by Gasteiger charge is -2.31. The number of anilines is 1. The van der Waals surface area contributed by atoms with Gasteiger partial charge in [0.05, 0.1) is 6.61 Å². The van der Waals surface area contributed by atoms with Crippen molar-refractivity contribution in [2.24, 2.45) is 0 Å². The van der Waals surface area contributed by atoms with Gasteiger partial charge < -0.3 is 19.5 Å². The normalized spacial score (nSPS) is 13.0. The van der Waals surface area contributed by atoms with Crippen LogP contribution in [0.2, 0.25) is 0 Å². The Labute approximate surface area is 259 Å². The van der Waals surface area contributed by atoms with Gasteiger partial charge in [-0.25, -0.2) is 0 Å². The molecule has 9 heteroatoms. The number of carbonyl (C=O) groups excluding carboxylic acids is 1. The molecule has 2 aromatic carbocycles. The van der Waals surface area contributed by atoms with Crippen LogP contribution in [0.5, 0.6) is 11.5 Å². The highest BCUT2D eigenvalue weighted by Gasteiger charge is 2.29. The Balaban J connectivity index is 2.42. The average Bonchev–Trinajstić information content (AvgIpc) is 2.96. The Kier molecular flexibility index (Phi) is 14.0. The lowest BCUT2D eigenvalue weighted by molar-refractivity contribution is -0.123. The molecule has 1 amide bonds. The summed E-state index contributed by atoms with van der Waals surface area (Å²) >= 11 is 0. The number of hydrogen-bond donors (Lipinski definition) is 2. The minimum absolute atomic E-state index is 0.00230. The zero-order valence-corrected chi connectivity index (χ0v) is 28.2. The third kappa shape index (κ3) is 10.8. The molecule has 0 heterocycles. The van der Waals surface area contributed by atoms with E-state index in [0.29, 0.717) is 18.8 Å². The number of unbranched alkanes of at least 4 members (excludes halogenated alkanes) is 3. The molecule has 0 saturated carbocycles. The van der Waals surface area contributed by atoms with E-state index in [1.54, 1.807) is 6.07 Å². The summed E-state index contributed by atoms with van der Waals surface area (Å²) in [6, 6.07) is 10.4. The van der Waals surface area contributed by atoms with Gasteiger partial charge in [0.25, 0.3) is 16.0 Å². The van der Waals surface area contributed by atoms with Gasteiger partial charge in [0.2, 0.25) is 0 Å². The summed E-state index contributed by atoms with van der Waals surface area (Å²) in [7, 11) is -4.62. The molecule has 2 aromatic rings. The van der Waals surface area contributed by atoms with E-state index < -0.39 is 21.1 Å². The second-order valence-electron chi connectivity index (χ2n) is 12.3. The van der Waals surface area contributed by atoms with Crippen molar-refractivity contribution in [2.75, 3.05) is 25.1 Å². The summed E-state index contributed by atoms with van der Waals surface area (Å²) in [5.41, 5.74) is 2.32. The number of carbonyl (C=O) groups is 1. The van der Waals surface area contributed by atoms with Crippen LogP contribution < -0.4 is 14.8 Å². The summed E-state index contributed by atoms with van der Waals surface area (Å²) in [6.45, 7) is 18.0. The second kappa shape index (κ2) is 16.5. The van der Waals surface area contributed by atoms with Crippen molar-refractivity contribution in [3.63, 3.8) is 0 Å². The first-order valence-electron chi connectivity index (χ1n) is 15.6. The number of amides is 1. The van der Waals surface area contributed by atoms with E-state index in [2.05, 4.69) is 65.9 Å². The van der Waals surface area contributed by atoms with Gasteiger partial charge in [-0.3, -0.25) is 9.35 Å². The largest absolute Gasteiger partial charge is 0.490 e. The summed E-state index contributed by atoms with van der Waals surface area (Å²) in [5.74, 6) is 0.268. The molecule has 2 N–H and O–H groups in total. The fourth-order valence-corrected chi connectivity index (χ4v) is 5.27. The lowest BCUT2D eigenvalue weighted by Crippen LogP contribution is -2.34. The van der Waals surface area contributed by atoms with Gasteiger partial charge in [0.15, 0.2) is 6.10 Å². The summed E-state index contributed by atoms with van der Waals surface area (Å²) in [5, 5.41) is 2.82. The molecule has 0 radical (unpaired) electrons. The van der Waals surface area contributed by atoms with E-state index in [1.165, 1.54) is 17.7 Å². The monoisotopic (exact) mass is 619 g/mol. The van der Waals surface area contributed by atoms with Gasteiger partial charge in [0, 0.05) is 17.9 Å². The average molecular weight is 620 g/mol. The van der Waals surface area contributed by atoms with Crippen molar-refractivity contribution >= 4 is 21.7 Å². The molecular weight excluding hydrogens is 566 g/mol. The molecule has 1 unspecified atom stereocenters. The third-order valence-corrected chi connectivity index (χ3v) is 9.19. The molecule has 0 aliphatic heterocycles. The van der Waals surface area contributed by atoms with E-state index in [0.717, 1.165) is 44.1 Å². The Morgan fingerprint density at radius 2 is 1.56 bits per heavy atom. The van der Waals surface area contributed by atoms with Gasteiger partial charge in [-0.05, 0) is 73.3 Å². The molecular formula is C34H53NO7S. The van der Waals surface area contributed by atoms with E-state index >= 15 is 0 Å². The second-order valence-corrected chi connectivity index (χ2v) is 13.7. The highest BCUT2D eigenvalue weighted by Crippen LogP contribution is 2.39. The fraction of sp³-hybridized carbons (Fsp3) is 0.618. The molecule has 0 aliphatic carbocycles. The zero-order valence-electron chi connectivity index (χ0n) is 27.4. The van der Waals surface area contributed by atoms with Crippen molar-refractivity contribution in [1.82, 2.24) is 0 Å². The highest BCUT2D eigenvalue weighted by atomic mass is 32.2. The molecule has 43 heavy (non-hydrogen) atoms. The maximum atomic E-state index is 13.7. The number of benzene rings is 2. The maximum absolute atomic E-state index is 13.7. The number of hydrogen-bond acceptors (Lipinski definition) is 6. The molecule has 0 fully saturated rings. The molecule has 0 aromatic heterocycles. The van der Waals surface area contributed by atoms with Crippen LogP contribution in [0, 0.1) is 0 Å². The summed E-state index contributed by atoms with van der Waals surface area (Å²) < 4.78 is 51.4. The van der Waals surface area contributed by atoms with Crippen molar-refractivity contribution < 1.29 is 32.0 Å². The Bertz CT molecular complexity index is 1290. The zero-order chi connectivity index (χ0) is 32.3. The molecule has 8 nitrogen and oxygen atoms in total. The SMILES string of the molecule is CCCCCCC(Oc1ccc(C(C)(C)CC)cc1C(C)(C)CC)C(=O)Nc1ccc(OCCOCC)c(S(=O)(=O)O)c1. The maximum Gasteiger partial charge on any atom is 0.298 e. The van der Waals surface area contributed by atoms with Crippen LogP contribution in [-0.4, -0.2) is 44.8 Å². The minimum atomic E-state index is -4.62. The first-order valence-corrected chi connectivity index (χ1v) is 17.1. The van der Waals surface area contributed by atoms with Crippen molar-refractivity contribution in [3.05, 3.63) is 47.5 Å². The predicted molar refractivity (Wildman–Crippen MR) is 173 cm³/mol. The van der Waals surface area contributed by atoms with Crippen LogP contribution in [0.25, 0.3) is 0 Å². The van der Waals surface area contributed by atoms with Crippen LogP contribution in [0.15, 0.2) is 41.3 Å². The number of nitrogens with one attached hydrogen (secondary N) is 1. The first kappa shape index (κ1) is 36.6. The van der Waals surface area contributed by atoms with Gasteiger partial charge in [0.1, 0.15) is 23.0 Å². The summed E-state index contributed by atoms with van der Waals surface area (Å²) in [4.78, 5) is 13.3. The Hall–Kier alpha value is -2.62. The Morgan fingerprint density at radius 3 is 2.16 bits per heavy atom. The van der Waals surface area contributed by atoms with E-state index in [4.69, 9.17) is 14.2 Å². The molecule has 0 spiro atoms. The molecule has 0 saturated heterocycles. The summed E-state index contributed by atoms with van der Waals surface area (Å²) in [6.07, 6.45) is 5.50. The van der Waals surface area contributed by atoms with Crippen LogP contribution in [0.3, 0.4) is 0 Å². The Morgan fingerprint density at radius 1 is 0.884 bits per heavy atom. The van der Waals surface area contributed by atoms with Crippen molar-refractivity contribution in [2.45, 2.75) is 122 Å². The van der Waals surface area contributed by atoms with E-state index in [1.807, 2.05) is 13.0 Å². The smallest absolute Gasteiger partial charge is 0.298 e. The minimum Gasteiger partial charge on any atom is -0.490 e. The molecule has 242 valence electrons. The van der Waals surface area contributed by atoms with Gasteiger partial charge in [-0.1, -0.05) is 79.9 Å². The lowest BCUT2D eigenvalue weighted by atomic mass is 9.76. The van der Waals surface area contributed by atoms with E-state index in [9.17, 15) is 17.8 Å². The number of ether oxygens (including phenoxy) is 3. The van der Waals surface area contributed by atoms with Gasteiger partial charge in [-0.2, -0.15) is 8.42 Å². The van der Waals surface area contributed by atoms with Crippen LogP contribution in [-0.2, 0) is 30.5 Å². The topological polar surface area (TPSA) is 111 Å². The molecule has 0 aliphatic rings. The molecule has 0 bridgehead atoms. The van der Waals surface area contributed by atoms with Crippen LogP contribution in [0.1, 0.15) is 111 Å². The van der Waals surface area contributed by atoms with Gasteiger partial charge >= 0.3 is 0 Å². The quantitative estimate of drug-likeness (QED) is 0.121. The first-order chi connectivity index (χ1) is 20.2. The van der Waals surface area contributed by atoms with Crippen LogP contribution in [0.4, 0.5) is 5.69 Å². The van der Waals surface area contributed by atoms with Gasteiger partial charge in [-0.15, -0.1) is 0 Å². The standard InChI is InChI=1S/C34H53NO7S/c1-9-13-14-15-16-30(42-28-19-17-25(33(5,6)10-2)23-27(28)34(7,8)11-3)32(36)35-26-18-20-29(41-22-21-40-12-4)31(24-26)43(37,38)39/h17-20,23-24,30H,9-16,21-22H2,1-8H3,(H,35,36)(H,37,38,39). The highest BCUT2D eigenvalue weighted by molar-refractivity contribution is 7.86. The fourth-order valence-electron chi connectivity index (χ4n) is 4.61. The number of rotatable bonds is 19. The molecule has 1 atom stereocenters. The van der Waals surface area contributed by atoms with Crippen LogP contribution >= 0.6 is 0 Å².